The number of carboxylic acids is 1. The number of rotatable bonds is 5. The van der Waals surface area contributed by atoms with Gasteiger partial charge in [-0.05, 0) is 34.5 Å². The highest BCUT2D eigenvalue weighted by Crippen LogP contribution is 2.27. The molecule has 0 saturated carbocycles. The molecule has 1 amide bonds. The number of carbonyl (C=O) groups excluding carboxylic acids is 1. The molecule has 1 aromatic heterocycles. The molecule has 1 heterocycles. The average molecular weight is 322 g/mol. The molecule has 1 atom stereocenters. The molecule has 5 nitrogen and oxygen atoms in total. The summed E-state index contributed by atoms with van der Waals surface area (Å²) in [6, 6.07) is 0.621. The van der Waals surface area contributed by atoms with Crippen LogP contribution in [0.15, 0.2) is 9.85 Å². The maximum Gasteiger partial charge on any atom is 0.326 e. The summed E-state index contributed by atoms with van der Waals surface area (Å²) in [6.45, 7) is 1.56. The van der Waals surface area contributed by atoms with Crippen LogP contribution in [0.2, 0.25) is 0 Å². The van der Waals surface area contributed by atoms with Crippen LogP contribution < -0.4 is 5.32 Å². The van der Waals surface area contributed by atoms with Crippen LogP contribution in [-0.2, 0) is 4.79 Å². The smallest absolute Gasteiger partial charge is 0.326 e. The SMILES string of the molecule is Cc1cc(C(=O)NC(CCO)C(=O)O)sc1Br. The van der Waals surface area contributed by atoms with Gasteiger partial charge < -0.3 is 15.5 Å². The zero-order valence-corrected chi connectivity index (χ0v) is 11.5. The van der Waals surface area contributed by atoms with Gasteiger partial charge in [0.2, 0.25) is 0 Å². The summed E-state index contributed by atoms with van der Waals surface area (Å²) in [5.41, 5.74) is 0.925. The summed E-state index contributed by atoms with van der Waals surface area (Å²) in [5, 5.41) is 19.9. The maximum absolute atomic E-state index is 11.7. The summed E-state index contributed by atoms with van der Waals surface area (Å²) in [5.74, 6) is -1.59. The Morgan fingerprint density at radius 3 is 2.65 bits per heavy atom. The molecule has 0 spiro atoms. The fourth-order valence-corrected chi connectivity index (χ4v) is 2.63. The highest BCUT2D eigenvalue weighted by atomic mass is 79.9. The van der Waals surface area contributed by atoms with E-state index >= 15 is 0 Å². The third-order valence-electron chi connectivity index (χ3n) is 2.10. The number of carbonyl (C=O) groups is 2. The van der Waals surface area contributed by atoms with Gasteiger partial charge in [-0.2, -0.15) is 0 Å². The zero-order chi connectivity index (χ0) is 13.0. The van der Waals surface area contributed by atoms with Crippen molar-refractivity contribution >= 4 is 39.1 Å². The minimum atomic E-state index is -1.15. The first kappa shape index (κ1) is 14.1. The third-order valence-corrected chi connectivity index (χ3v) is 4.24. The second-order valence-electron chi connectivity index (χ2n) is 3.44. The van der Waals surface area contributed by atoms with E-state index in [4.69, 9.17) is 10.2 Å². The molecular formula is C10H12BrNO4S. The monoisotopic (exact) mass is 321 g/mol. The Kier molecular flexibility index (Phi) is 5.10. The molecule has 0 aliphatic heterocycles. The van der Waals surface area contributed by atoms with Crippen molar-refractivity contribution in [2.45, 2.75) is 19.4 Å². The van der Waals surface area contributed by atoms with Crippen LogP contribution in [-0.4, -0.2) is 34.7 Å². The van der Waals surface area contributed by atoms with Crippen LogP contribution >= 0.6 is 27.3 Å². The van der Waals surface area contributed by atoms with Crippen LogP contribution in [0.5, 0.6) is 0 Å². The maximum atomic E-state index is 11.7. The Morgan fingerprint density at radius 2 is 2.24 bits per heavy atom. The lowest BCUT2D eigenvalue weighted by Gasteiger charge is -2.11. The van der Waals surface area contributed by atoms with Crippen LogP contribution in [0, 0.1) is 6.92 Å². The quantitative estimate of drug-likeness (QED) is 0.764. The van der Waals surface area contributed by atoms with E-state index in [1.54, 1.807) is 6.07 Å². The lowest BCUT2D eigenvalue weighted by Crippen LogP contribution is -2.41. The fraction of sp³-hybridized carbons (Fsp3) is 0.400. The average Bonchev–Trinajstić information content (AvgIpc) is 2.58. The van der Waals surface area contributed by atoms with Crippen molar-refractivity contribution in [1.29, 1.82) is 0 Å². The number of thiophene rings is 1. The lowest BCUT2D eigenvalue weighted by atomic mass is 10.2. The van der Waals surface area contributed by atoms with Crippen molar-refractivity contribution < 1.29 is 19.8 Å². The summed E-state index contributed by atoms with van der Waals surface area (Å²) < 4.78 is 0.844. The van der Waals surface area contributed by atoms with Gasteiger partial charge in [-0.25, -0.2) is 4.79 Å². The topological polar surface area (TPSA) is 86.6 Å². The van der Waals surface area contributed by atoms with E-state index in [0.29, 0.717) is 4.88 Å². The molecule has 0 aliphatic carbocycles. The van der Waals surface area contributed by atoms with Gasteiger partial charge in [0.25, 0.3) is 5.91 Å². The highest BCUT2D eigenvalue weighted by Gasteiger charge is 2.21. The largest absolute Gasteiger partial charge is 0.480 e. The number of hydrogen-bond acceptors (Lipinski definition) is 4. The third kappa shape index (κ3) is 3.79. The minimum absolute atomic E-state index is 0.00734. The van der Waals surface area contributed by atoms with E-state index in [1.165, 1.54) is 11.3 Å². The molecule has 0 fully saturated rings. The number of aliphatic hydroxyl groups is 1. The second-order valence-corrected chi connectivity index (χ2v) is 5.81. The molecule has 17 heavy (non-hydrogen) atoms. The first-order chi connectivity index (χ1) is 7.95. The second kappa shape index (κ2) is 6.13. The van der Waals surface area contributed by atoms with E-state index in [0.717, 1.165) is 9.35 Å². The predicted molar refractivity (Wildman–Crippen MR) is 67.3 cm³/mol. The summed E-state index contributed by atoms with van der Waals surface area (Å²) in [7, 11) is 0. The van der Waals surface area contributed by atoms with Gasteiger partial charge >= 0.3 is 5.97 Å². The first-order valence-corrected chi connectivity index (χ1v) is 6.47. The summed E-state index contributed by atoms with van der Waals surface area (Å²) in [6.07, 6.45) is -0.00734. The molecule has 94 valence electrons. The number of carboxylic acid groups (broad SMARTS) is 1. The van der Waals surface area contributed by atoms with Gasteiger partial charge in [0.1, 0.15) is 6.04 Å². The van der Waals surface area contributed by atoms with Crippen molar-refractivity contribution in [3.05, 3.63) is 20.3 Å². The van der Waals surface area contributed by atoms with Gasteiger partial charge in [-0.1, -0.05) is 0 Å². The Labute approximate surface area is 111 Å². The van der Waals surface area contributed by atoms with Gasteiger partial charge in [0.15, 0.2) is 0 Å². The van der Waals surface area contributed by atoms with E-state index in [-0.39, 0.29) is 13.0 Å². The van der Waals surface area contributed by atoms with Crippen LogP contribution in [0.1, 0.15) is 21.7 Å². The molecule has 0 saturated heterocycles. The molecule has 1 rings (SSSR count). The summed E-state index contributed by atoms with van der Waals surface area (Å²) >= 11 is 4.54. The molecule has 1 unspecified atom stereocenters. The van der Waals surface area contributed by atoms with Crippen LogP contribution in [0.4, 0.5) is 0 Å². The lowest BCUT2D eigenvalue weighted by molar-refractivity contribution is -0.139. The summed E-state index contributed by atoms with van der Waals surface area (Å²) in [4.78, 5) is 23.0. The number of hydrogen-bond donors (Lipinski definition) is 3. The van der Waals surface area contributed by atoms with E-state index < -0.39 is 17.9 Å². The fourth-order valence-electron chi connectivity index (χ4n) is 1.19. The molecule has 1 aromatic rings. The molecule has 0 aliphatic rings. The predicted octanol–water partition coefficient (Wildman–Crippen LogP) is 1.38. The first-order valence-electron chi connectivity index (χ1n) is 4.86. The molecular weight excluding hydrogens is 310 g/mol. The number of amides is 1. The molecule has 3 N–H and O–H groups in total. The Balaban J connectivity index is 2.73. The van der Waals surface area contributed by atoms with Gasteiger partial charge in [0, 0.05) is 13.0 Å². The molecule has 0 radical (unpaired) electrons. The van der Waals surface area contributed by atoms with Gasteiger partial charge in [-0.3, -0.25) is 4.79 Å². The van der Waals surface area contributed by atoms with Crippen molar-refractivity contribution in [3.63, 3.8) is 0 Å². The van der Waals surface area contributed by atoms with E-state index in [1.807, 2.05) is 6.92 Å². The number of aryl methyl sites for hydroxylation is 1. The number of aliphatic carboxylic acids is 1. The van der Waals surface area contributed by atoms with Crippen molar-refractivity contribution in [2.24, 2.45) is 0 Å². The Morgan fingerprint density at radius 1 is 1.59 bits per heavy atom. The minimum Gasteiger partial charge on any atom is -0.480 e. The number of halogens is 1. The molecule has 0 bridgehead atoms. The molecule has 0 aromatic carbocycles. The Hall–Kier alpha value is -0.920. The highest BCUT2D eigenvalue weighted by molar-refractivity contribution is 9.11. The van der Waals surface area contributed by atoms with Crippen molar-refractivity contribution in [1.82, 2.24) is 5.32 Å². The van der Waals surface area contributed by atoms with E-state index in [2.05, 4.69) is 21.2 Å². The molecule has 7 heteroatoms. The van der Waals surface area contributed by atoms with E-state index in [9.17, 15) is 9.59 Å². The standard InChI is InChI=1S/C10H12BrNO4S/c1-5-4-7(17-8(5)11)9(14)12-6(2-3-13)10(15)16/h4,6,13H,2-3H2,1H3,(H,12,14)(H,15,16). The van der Waals surface area contributed by atoms with Gasteiger partial charge in [-0.15, -0.1) is 11.3 Å². The van der Waals surface area contributed by atoms with Gasteiger partial charge in [0.05, 0.1) is 8.66 Å². The van der Waals surface area contributed by atoms with Crippen molar-refractivity contribution in [2.75, 3.05) is 6.61 Å². The van der Waals surface area contributed by atoms with Crippen LogP contribution in [0.3, 0.4) is 0 Å². The Bertz CT molecular complexity index is 412. The van der Waals surface area contributed by atoms with Crippen molar-refractivity contribution in [3.8, 4) is 0 Å². The zero-order valence-electron chi connectivity index (χ0n) is 9.07. The normalized spacial score (nSPS) is 12.2. The number of aliphatic hydroxyl groups excluding tert-OH is 1. The number of nitrogens with one attached hydrogen (secondary N) is 1. The van der Waals surface area contributed by atoms with Crippen LogP contribution in [0.25, 0.3) is 0 Å².